The lowest BCUT2D eigenvalue weighted by molar-refractivity contribution is 0.860. The van der Waals surface area contributed by atoms with Crippen LogP contribution in [0.1, 0.15) is 29.3 Å². The molecular weight excluding hydrogens is 254 g/mol. The van der Waals surface area contributed by atoms with Crippen LogP contribution in [0, 0.1) is 11.3 Å². The van der Waals surface area contributed by atoms with E-state index in [9.17, 15) is 5.26 Å². The molecule has 3 nitrogen and oxygen atoms in total. The Morgan fingerprint density at radius 2 is 2.11 bits per heavy atom. The van der Waals surface area contributed by atoms with Crippen LogP contribution in [0.5, 0.6) is 0 Å². The molecule has 3 rings (SSSR count). The van der Waals surface area contributed by atoms with Crippen LogP contribution in [0.2, 0.25) is 0 Å². The highest BCUT2D eigenvalue weighted by Gasteiger charge is 2.18. The molecule has 0 radical (unpaired) electrons. The van der Waals surface area contributed by atoms with Crippen LogP contribution in [-0.4, -0.2) is 15.7 Å². The third kappa shape index (κ3) is 2.47. The SMILES string of the molecule is N#CC(c1ccc2c(c1)CCCS2)c1ncccn1. The largest absolute Gasteiger partial charge is 0.240 e. The molecule has 1 aliphatic rings. The first-order valence-corrected chi connectivity index (χ1v) is 7.29. The summed E-state index contributed by atoms with van der Waals surface area (Å²) in [6.45, 7) is 0. The zero-order chi connectivity index (χ0) is 13.1. The second-order valence-corrected chi connectivity index (χ2v) is 5.63. The van der Waals surface area contributed by atoms with E-state index in [0.717, 1.165) is 12.0 Å². The third-order valence-electron chi connectivity index (χ3n) is 3.24. The molecule has 1 unspecified atom stereocenters. The maximum atomic E-state index is 9.40. The quantitative estimate of drug-likeness (QED) is 0.838. The molecule has 4 heteroatoms. The van der Waals surface area contributed by atoms with Gasteiger partial charge in [-0.25, -0.2) is 9.97 Å². The Balaban J connectivity index is 1.99. The molecular formula is C15H13N3S. The van der Waals surface area contributed by atoms with Crippen molar-refractivity contribution in [3.8, 4) is 6.07 Å². The number of thioether (sulfide) groups is 1. The van der Waals surface area contributed by atoms with Gasteiger partial charge in [0.15, 0.2) is 0 Å². The lowest BCUT2D eigenvalue weighted by Gasteiger charge is -2.17. The predicted molar refractivity (Wildman–Crippen MR) is 75.0 cm³/mol. The van der Waals surface area contributed by atoms with Crippen molar-refractivity contribution in [3.05, 3.63) is 53.6 Å². The van der Waals surface area contributed by atoms with E-state index in [1.807, 2.05) is 17.8 Å². The molecule has 1 aromatic carbocycles. The molecule has 0 spiro atoms. The van der Waals surface area contributed by atoms with Gasteiger partial charge >= 0.3 is 0 Å². The molecule has 0 bridgehead atoms. The van der Waals surface area contributed by atoms with Crippen LogP contribution in [0.3, 0.4) is 0 Å². The molecule has 2 aromatic rings. The van der Waals surface area contributed by atoms with E-state index in [1.165, 1.54) is 22.6 Å². The minimum absolute atomic E-state index is 0.376. The van der Waals surface area contributed by atoms with Gasteiger partial charge in [0, 0.05) is 17.3 Å². The zero-order valence-corrected chi connectivity index (χ0v) is 11.2. The van der Waals surface area contributed by atoms with Crippen LogP contribution in [0.4, 0.5) is 0 Å². The Bertz CT molecular complexity index is 619. The average molecular weight is 267 g/mol. The van der Waals surface area contributed by atoms with Gasteiger partial charge in [0.2, 0.25) is 0 Å². The van der Waals surface area contributed by atoms with Gasteiger partial charge in [0.25, 0.3) is 0 Å². The summed E-state index contributed by atoms with van der Waals surface area (Å²) >= 11 is 1.90. The number of aromatic nitrogens is 2. The number of hydrogen-bond donors (Lipinski definition) is 0. The highest BCUT2D eigenvalue weighted by Crippen LogP contribution is 2.33. The number of fused-ring (bicyclic) bond motifs is 1. The average Bonchev–Trinajstić information content (AvgIpc) is 2.49. The van der Waals surface area contributed by atoms with Crippen molar-refractivity contribution in [2.24, 2.45) is 0 Å². The fraction of sp³-hybridized carbons (Fsp3) is 0.267. The molecule has 0 aliphatic carbocycles. The van der Waals surface area contributed by atoms with Crippen molar-refractivity contribution in [3.63, 3.8) is 0 Å². The summed E-state index contributed by atoms with van der Waals surface area (Å²) in [6.07, 6.45) is 5.67. The van der Waals surface area contributed by atoms with Crippen molar-refractivity contribution in [1.82, 2.24) is 9.97 Å². The van der Waals surface area contributed by atoms with Gasteiger partial charge in [-0.2, -0.15) is 5.26 Å². The zero-order valence-electron chi connectivity index (χ0n) is 10.4. The smallest absolute Gasteiger partial charge is 0.149 e. The van der Waals surface area contributed by atoms with E-state index >= 15 is 0 Å². The highest BCUT2D eigenvalue weighted by atomic mass is 32.2. The number of rotatable bonds is 2. The fourth-order valence-electron chi connectivity index (χ4n) is 2.30. The first kappa shape index (κ1) is 12.2. The standard InChI is InChI=1S/C15H13N3S/c16-10-13(15-17-6-2-7-18-15)11-4-5-14-12(9-11)3-1-8-19-14/h2,4-7,9,13H,1,3,8H2. The fourth-order valence-corrected chi connectivity index (χ4v) is 3.32. The Morgan fingerprint density at radius 3 is 2.89 bits per heavy atom. The second-order valence-electron chi connectivity index (χ2n) is 4.49. The van der Waals surface area contributed by atoms with Gasteiger partial charge in [-0.15, -0.1) is 11.8 Å². The number of benzene rings is 1. The molecule has 0 amide bonds. The summed E-state index contributed by atoms with van der Waals surface area (Å²) < 4.78 is 0. The maximum Gasteiger partial charge on any atom is 0.149 e. The molecule has 0 N–H and O–H groups in total. The molecule has 2 heterocycles. The van der Waals surface area contributed by atoms with Crippen molar-refractivity contribution in [1.29, 1.82) is 5.26 Å². The topological polar surface area (TPSA) is 49.6 Å². The van der Waals surface area contributed by atoms with E-state index in [1.54, 1.807) is 18.5 Å². The van der Waals surface area contributed by atoms with Crippen LogP contribution in [0.15, 0.2) is 41.6 Å². The van der Waals surface area contributed by atoms with E-state index < -0.39 is 0 Å². The number of aryl methyl sites for hydroxylation is 1. The molecule has 94 valence electrons. The summed E-state index contributed by atoms with van der Waals surface area (Å²) in [5.41, 5.74) is 2.35. The Morgan fingerprint density at radius 1 is 1.26 bits per heavy atom. The lowest BCUT2D eigenvalue weighted by Crippen LogP contribution is -2.06. The van der Waals surface area contributed by atoms with Gasteiger partial charge in [-0.1, -0.05) is 12.1 Å². The summed E-state index contributed by atoms with van der Waals surface area (Å²) in [5.74, 6) is 1.39. The maximum absolute atomic E-state index is 9.40. The predicted octanol–water partition coefficient (Wildman–Crippen LogP) is 3.17. The molecule has 19 heavy (non-hydrogen) atoms. The van der Waals surface area contributed by atoms with Gasteiger partial charge in [-0.05, 0) is 41.9 Å². The molecule has 1 atom stereocenters. The van der Waals surface area contributed by atoms with Crippen LogP contribution < -0.4 is 0 Å². The minimum Gasteiger partial charge on any atom is -0.240 e. The van der Waals surface area contributed by atoms with Gasteiger partial charge in [-0.3, -0.25) is 0 Å². The van der Waals surface area contributed by atoms with E-state index in [2.05, 4.69) is 28.2 Å². The first-order chi connectivity index (χ1) is 9.38. The number of nitrogens with zero attached hydrogens (tertiary/aromatic N) is 3. The third-order valence-corrected chi connectivity index (χ3v) is 4.44. The van der Waals surface area contributed by atoms with E-state index in [-0.39, 0.29) is 5.92 Å². The summed E-state index contributed by atoms with van der Waals surface area (Å²) in [7, 11) is 0. The van der Waals surface area contributed by atoms with E-state index in [0.29, 0.717) is 5.82 Å². The normalized spacial score (nSPS) is 15.3. The van der Waals surface area contributed by atoms with Crippen molar-refractivity contribution in [2.75, 3.05) is 5.75 Å². The Labute approximate surface area is 116 Å². The summed E-state index contributed by atoms with van der Waals surface area (Å²) in [4.78, 5) is 9.75. The Hall–Kier alpha value is -1.86. The number of hydrogen-bond acceptors (Lipinski definition) is 4. The highest BCUT2D eigenvalue weighted by molar-refractivity contribution is 7.99. The van der Waals surface area contributed by atoms with Crippen LogP contribution >= 0.6 is 11.8 Å². The number of nitriles is 1. The molecule has 1 aromatic heterocycles. The molecule has 1 aliphatic heterocycles. The molecule has 0 saturated heterocycles. The summed E-state index contributed by atoms with van der Waals surface area (Å²) in [6, 6.07) is 10.4. The second kappa shape index (κ2) is 5.41. The van der Waals surface area contributed by atoms with Gasteiger partial charge in [0.1, 0.15) is 11.7 Å². The lowest BCUT2D eigenvalue weighted by atomic mass is 9.96. The van der Waals surface area contributed by atoms with E-state index in [4.69, 9.17) is 0 Å². The molecule has 0 saturated carbocycles. The Kier molecular flexibility index (Phi) is 3.47. The van der Waals surface area contributed by atoms with Crippen molar-refractivity contribution < 1.29 is 0 Å². The van der Waals surface area contributed by atoms with Crippen molar-refractivity contribution in [2.45, 2.75) is 23.7 Å². The molecule has 0 fully saturated rings. The first-order valence-electron chi connectivity index (χ1n) is 6.30. The van der Waals surface area contributed by atoms with Crippen LogP contribution in [-0.2, 0) is 6.42 Å². The minimum atomic E-state index is -0.376. The van der Waals surface area contributed by atoms with Crippen molar-refractivity contribution >= 4 is 11.8 Å². The van der Waals surface area contributed by atoms with Crippen LogP contribution in [0.25, 0.3) is 0 Å². The summed E-state index contributed by atoms with van der Waals surface area (Å²) in [5, 5.41) is 9.40. The van der Waals surface area contributed by atoms with Gasteiger partial charge < -0.3 is 0 Å². The van der Waals surface area contributed by atoms with Gasteiger partial charge in [0.05, 0.1) is 6.07 Å². The monoisotopic (exact) mass is 267 g/mol.